The van der Waals surface area contributed by atoms with Gasteiger partial charge in [0.2, 0.25) is 17.7 Å². The number of hydrogen-bond acceptors (Lipinski definition) is 3. The fraction of sp³-hybridized carbons (Fsp3) is 0.318. The predicted molar refractivity (Wildman–Crippen MR) is 114 cm³/mol. The maximum Gasteiger partial charge on any atom is 0.239 e. The number of carbonyl (C=O) groups is 3. The summed E-state index contributed by atoms with van der Waals surface area (Å²) in [4.78, 5) is 40.4. The van der Waals surface area contributed by atoms with Crippen LogP contribution in [0.2, 0.25) is 5.02 Å². The molecule has 1 atom stereocenters. The molecule has 7 heteroatoms. The third kappa shape index (κ3) is 4.95. The predicted octanol–water partition coefficient (Wildman–Crippen LogP) is 3.70. The molecule has 0 radical (unpaired) electrons. The van der Waals surface area contributed by atoms with Crippen molar-refractivity contribution in [1.29, 1.82) is 0 Å². The van der Waals surface area contributed by atoms with Crippen LogP contribution in [0.3, 0.4) is 0 Å². The Hall–Kier alpha value is -2.86. The number of rotatable bonds is 6. The molecule has 152 valence electrons. The van der Waals surface area contributed by atoms with Crippen molar-refractivity contribution in [3.8, 4) is 0 Å². The van der Waals surface area contributed by atoms with E-state index < -0.39 is 5.92 Å². The molecule has 1 N–H and O–H groups in total. The standard InChI is InChI=1S/C22H24ClN3O3/c1-3-25(15(2)27)14-16-5-4-6-18(13-16)24-21(28)20-11-12-26(22(20)29)19-9-7-17(23)8-10-19/h4-10,13,20H,3,11-12,14H2,1-2H3,(H,24,28). The topological polar surface area (TPSA) is 69.7 Å². The Kier molecular flexibility index (Phi) is 6.54. The zero-order valence-corrected chi connectivity index (χ0v) is 17.3. The smallest absolute Gasteiger partial charge is 0.239 e. The first kappa shape index (κ1) is 20.9. The highest BCUT2D eigenvalue weighted by atomic mass is 35.5. The lowest BCUT2D eigenvalue weighted by molar-refractivity contribution is -0.130. The summed E-state index contributed by atoms with van der Waals surface area (Å²) in [7, 11) is 0. The second kappa shape index (κ2) is 9.09. The number of hydrogen-bond donors (Lipinski definition) is 1. The van der Waals surface area contributed by atoms with Gasteiger partial charge >= 0.3 is 0 Å². The van der Waals surface area contributed by atoms with Crippen LogP contribution in [-0.2, 0) is 20.9 Å². The molecule has 6 nitrogen and oxygen atoms in total. The van der Waals surface area contributed by atoms with Crippen LogP contribution in [0.5, 0.6) is 0 Å². The number of benzene rings is 2. The van der Waals surface area contributed by atoms with Crippen LogP contribution in [0.25, 0.3) is 0 Å². The summed E-state index contributed by atoms with van der Waals surface area (Å²) in [6.45, 7) is 5.03. The molecule has 2 aromatic carbocycles. The molecule has 1 aliphatic heterocycles. The quantitative estimate of drug-likeness (QED) is 0.734. The third-order valence-electron chi connectivity index (χ3n) is 5.06. The second-order valence-corrected chi connectivity index (χ2v) is 7.47. The average Bonchev–Trinajstić information content (AvgIpc) is 3.08. The highest BCUT2D eigenvalue weighted by Crippen LogP contribution is 2.27. The van der Waals surface area contributed by atoms with Crippen molar-refractivity contribution < 1.29 is 14.4 Å². The van der Waals surface area contributed by atoms with Gasteiger partial charge in [0, 0.05) is 43.0 Å². The molecule has 0 spiro atoms. The first-order valence-corrected chi connectivity index (χ1v) is 9.99. The van der Waals surface area contributed by atoms with Crippen LogP contribution in [0.1, 0.15) is 25.8 Å². The van der Waals surface area contributed by atoms with Crippen molar-refractivity contribution in [2.45, 2.75) is 26.8 Å². The SMILES string of the molecule is CCN(Cc1cccc(NC(=O)C2CCN(c3ccc(Cl)cc3)C2=O)c1)C(C)=O. The molecule has 0 bridgehead atoms. The van der Waals surface area contributed by atoms with E-state index in [0.717, 1.165) is 11.3 Å². The van der Waals surface area contributed by atoms with Crippen LogP contribution in [0.4, 0.5) is 11.4 Å². The van der Waals surface area contributed by atoms with Crippen molar-refractivity contribution in [1.82, 2.24) is 4.90 Å². The Balaban J connectivity index is 1.66. The maximum atomic E-state index is 12.7. The summed E-state index contributed by atoms with van der Waals surface area (Å²) in [6.07, 6.45) is 0.459. The summed E-state index contributed by atoms with van der Waals surface area (Å²) in [5.74, 6) is -1.25. The summed E-state index contributed by atoms with van der Waals surface area (Å²) in [5.41, 5.74) is 2.27. The molecule has 1 fully saturated rings. The van der Waals surface area contributed by atoms with Crippen molar-refractivity contribution in [2.75, 3.05) is 23.3 Å². The van der Waals surface area contributed by atoms with Crippen LogP contribution >= 0.6 is 11.6 Å². The number of amides is 3. The molecule has 3 rings (SSSR count). The zero-order chi connectivity index (χ0) is 21.0. The first-order chi connectivity index (χ1) is 13.9. The van der Waals surface area contributed by atoms with Gasteiger partial charge < -0.3 is 15.1 Å². The molecule has 0 aromatic heterocycles. The fourth-order valence-corrected chi connectivity index (χ4v) is 3.57. The van der Waals surface area contributed by atoms with E-state index in [1.165, 1.54) is 6.92 Å². The van der Waals surface area contributed by atoms with E-state index in [0.29, 0.717) is 36.8 Å². The van der Waals surface area contributed by atoms with Gasteiger partial charge in [-0.25, -0.2) is 0 Å². The summed E-state index contributed by atoms with van der Waals surface area (Å²) < 4.78 is 0. The van der Waals surface area contributed by atoms with Gasteiger partial charge in [0.25, 0.3) is 0 Å². The second-order valence-electron chi connectivity index (χ2n) is 7.03. The van der Waals surface area contributed by atoms with Gasteiger partial charge in [0.15, 0.2) is 0 Å². The Labute approximate surface area is 175 Å². The molecular formula is C22H24ClN3O3. The molecule has 0 saturated carbocycles. The number of halogens is 1. The van der Waals surface area contributed by atoms with Crippen molar-refractivity contribution in [3.63, 3.8) is 0 Å². The van der Waals surface area contributed by atoms with Gasteiger partial charge in [-0.2, -0.15) is 0 Å². The summed E-state index contributed by atoms with van der Waals surface area (Å²) >= 11 is 5.91. The first-order valence-electron chi connectivity index (χ1n) is 9.61. The van der Waals surface area contributed by atoms with Crippen molar-refractivity contribution in [2.24, 2.45) is 5.92 Å². The number of carbonyl (C=O) groups excluding carboxylic acids is 3. The molecule has 29 heavy (non-hydrogen) atoms. The van der Waals surface area contributed by atoms with Crippen LogP contribution in [0, 0.1) is 5.92 Å². The minimum Gasteiger partial charge on any atom is -0.339 e. The Morgan fingerprint density at radius 1 is 1.21 bits per heavy atom. The van der Waals surface area contributed by atoms with Crippen LogP contribution < -0.4 is 10.2 Å². The minimum atomic E-state index is -0.723. The van der Waals surface area contributed by atoms with E-state index >= 15 is 0 Å². The lowest BCUT2D eigenvalue weighted by Gasteiger charge is -2.19. The van der Waals surface area contributed by atoms with Gasteiger partial charge in [-0.05, 0) is 55.3 Å². The van der Waals surface area contributed by atoms with Crippen LogP contribution in [0.15, 0.2) is 48.5 Å². The van der Waals surface area contributed by atoms with Gasteiger partial charge in [-0.15, -0.1) is 0 Å². The Morgan fingerprint density at radius 3 is 2.59 bits per heavy atom. The van der Waals surface area contributed by atoms with Gasteiger partial charge in [-0.1, -0.05) is 23.7 Å². The van der Waals surface area contributed by atoms with Gasteiger partial charge in [-0.3, -0.25) is 14.4 Å². The molecule has 1 heterocycles. The number of nitrogens with zero attached hydrogens (tertiary/aromatic N) is 2. The molecule has 1 saturated heterocycles. The number of nitrogens with one attached hydrogen (secondary N) is 1. The highest BCUT2D eigenvalue weighted by Gasteiger charge is 2.37. The van der Waals surface area contributed by atoms with Crippen LogP contribution in [-0.4, -0.2) is 35.7 Å². The van der Waals surface area contributed by atoms with Crippen molar-refractivity contribution in [3.05, 3.63) is 59.1 Å². The number of anilines is 2. The highest BCUT2D eigenvalue weighted by molar-refractivity contribution is 6.30. The fourth-order valence-electron chi connectivity index (χ4n) is 3.44. The van der Waals surface area contributed by atoms with E-state index in [9.17, 15) is 14.4 Å². The third-order valence-corrected chi connectivity index (χ3v) is 5.31. The molecular weight excluding hydrogens is 390 g/mol. The van der Waals surface area contributed by atoms with E-state index in [-0.39, 0.29) is 17.7 Å². The average molecular weight is 414 g/mol. The maximum absolute atomic E-state index is 12.7. The van der Waals surface area contributed by atoms with E-state index in [1.54, 1.807) is 40.1 Å². The molecule has 3 amide bonds. The Bertz CT molecular complexity index is 914. The summed E-state index contributed by atoms with van der Waals surface area (Å²) in [5, 5.41) is 3.44. The van der Waals surface area contributed by atoms with Gasteiger partial charge in [0.1, 0.15) is 5.92 Å². The zero-order valence-electron chi connectivity index (χ0n) is 16.5. The molecule has 1 aliphatic rings. The van der Waals surface area contributed by atoms with E-state index in [2.05, 4.69) is 5.32 Å². The van der Waals surface area contributed by atoms with E-state index in [4.69, 9.17) is 11.6 Å². The summed E-state index contributed by atoms with van der Waals surface area (Å²) in [6, 6.07) is 14.4. The monoisotopic (exact) mass is 413 g/mol. The molecule has 1 unspecified atom stereocenters. The molecule has 2 aromatic rings. The normalized spacial score (nSPS) is 16.0. The lowest BCUT2D eigenvalue weighted by atomic mass is 10.1. The van der Waals surface area contributed by atoms with Crippen molar-refractivity contribution >= 4 is 40.7 Å². The lowest BCUT2D eigenvalue weighted by Crippen LogP contribution is -2.33. The Morgan fingerprint density at radius 2 is 1.93 bits per heavy atom. The van der Waals surface area contributed by atoms with E-state index in [1.807, 2.05) is 25.1 Å². The van der Waals surface area contributed by atoms with Gasteiger partial charge in [0.05, 0.1) is 0 Å². The largest absolute Gasteiger partial charge is 0.339 e. The molecule has 0 aliphatic carbocycles. The minimum absolute atomic E-state index is 0.000724.